The van der Waals surface area contributed by atoms with Crippen LogP contribution in [-0.2, 0) is 0 Å². The summed E-state index contributed by atoms with van der Waals surface area (Å²) in [6.45, 7) is 14.7. The van der Waals surface area contributed by atoms with E-state index in [2.05, 4.69) is 51.6 Å². The molecule has 4 heteroatoms. The molecule has 1 aliphatic carbocycles. The van der Waals surface area contributed by atoms with Crippen molar-refractivity contribution >= 4 is 25.3 Å². The highest BCUT2D eigenvalue weighted by Gasteiger charge is 2.51. The van der Waals surface area contributed by atoms with E-state index in [0.717, 1.165) is 0 Å². The first kappa shape index (κ1) is 17.1. The molecule has 0 radical (unpaired) electrons. The summed E-state index contributed by atoms with van der Waals surface area (Å²) >= 11 is 8.56. The first-order valence-corrected chi connectivity index (χ1v) is 7.06. The van der Waals surface area contributed by atoms with Gasteiger partial charge in [-0.15, -0.1) is 25.3 Å². The predicted molar refractivity (Wildman–Crippen MR) is 91.8 cm³/mol. The van der Waals surface area contributed by atoms with Gasteiger partial charge in [0.25, 0.3) is 0 Å². The minimum Gasteiger partial charge on any atom is -0.392 e. The van der Waals surface area contributed by atoms with Crippen molar-refractivity contribution in [2.24, 2.45) is 11.8 Å². The van der Waals surface area contributed by atoms with E-state index in [-0.39, 0.29) is 0 Å². The van der Waals surface area contributed by atoms with Crippen molar-refractivity contribution in [1.82, 2.24) is 0 Å². The van der Waals surface area contributed by atoms with Crippen LogP contribution in [0.15, 0.2) is 71.6 Å². The number of hydrogen-bond acceptors (Lipinski definition) is 4. The fourth-order valence-corrected chi connectivity index (χ4v) is 2.98. The van der Waals surface area contributed by atoms with Crippen LogP contribution in [0.25, 0.3) is 0 Å². The van der Waals surface area contributed by atoms with E-state index in [1.807, 2.05) is 0 Å². The number of aliphatic hydroxyl groups excluding tert-OH is 2. The maximum atomic E-state index is 10.4. The van der Waals surface area contributed by atoms with E-state index in [4.69, 9.17) is 0 Å². The molecule has 20 heavy (non-hydrogen) atoms. The summed E-state index contributed by atoms with van der Waals surface area (Å²) in [4.78, 5) is 1.20. The molecule has 0 unspecified atom stereocenters. The van der Waals surface area contributed by atoms with E-state index >= 15 is 0 Å². The molecule has 2 nitrogen and oxygen atoms in total. The van der Waals surface area contributed by atoms with Crippen LogP contribution < -0.4 is 0 Å². The third-order valence-corrected chi connectivity index (χ3v) is 4.49. The van der Waals surface area contributed by atoms with E-state index in [1.165, 1.54) is 0 Å². The minimum absolute atomic E-state index is 0.441. The van der Waals surface area contributed by atoms with Gasteiger partial charge in [0.15, 0.2) is 0 Å². The van der Waals surface area contributed by atoms with E-state index in [1.54, 1.807) is 24.3 Å². The van der Waals surface area contributed by atoms with Crippen LogP contribution in [0.1, 0.15) is 0 Å². The molecule has 1 fully saturated rings. The molecule has 1 rings (SSSR count). The zero-order valence-corrected chi connectivity index (χ0v) is 13.0. The molecule has 2 N–H and O–H groups in total. The summed E-state index contributed by atoms with van der Waals surface area (Å²) in [7, 11) is 0. The van der Waals surface area contributed by atoms with Gasteiger partial charge in [-0.3, -0.25) is 0 Å². The Kier molecular flexibility index (Phi) is 6.14. The average Bonchev–Trinajstić information content (AvgIpc) is 2.47. The molecule has 0 heterocycles. The molecular formula is C16H20O2S2. The van der Waals surface area contributed by atoms with Crippen molar-refractivity contribution in [2.75, 3.05) is 0 Å². The topological polar surface area (TPSA) is 40.5 Å². The van der Waals surface area contributed by atoms with Gasteiger partial charge in [-0.2, -0.15) is 0 Å². The van der Waals surface area contributed by atoms with Crippen LogP contribution in [0.5, 0.6) is 0 Å². The number of aliphatic hydroxyl groups is 2. The lowest BCUT2D eigenvalue weighted by Crippen LogP contribution is -2.56. The Labute approximate surface area is 131 Å². The molecule has 0 amide bonds. The molecule has 0 aromatic heterocycles. The van der Waals surface area contributed by atoms with Crippen LogP contribution in [0.3, 0.4) is 0 Å². The standard InChI is InChI=1S/C16H20O2S2/c1-5-9(11(19)7-3)13-15(17)14(16(13)18)10(6-2)12(20)8-4/h5-8,13-20H,1-4H2/b11-9-,12-10-. The summed E-state index contributed by atoms with van der Waals surface area (Å²) in [6.07, 6.45) is 4.79. The van der Waals surface area contributed by atoms with Crippen LogP contribution in [-0.4, -0.2) is 22.4 Å². The Hall–Kier alpha value is -0.940. The Morgan fingerprint density at radius 3 is 1.20 bits per heavy atom. The van der Waals surface area contributed by atoms with E-state index in [9.17, 15) is 10.2 Å². The van der Waals surface area contributed by atoms with Crippen molar-refractivity contribution in [1.29, 1.82) is 0 Å². The smallest absolute Gasteiger partial charge is 0.0728 e. The highest BCUT2D eigenvalue weighted by Crippen LogP contribution is 2.46. The van der Waals surface area contributed by atoms with Crippen LogP contribution in [0.4, 0.5) is 0 Å². The van der Waals surface area contributed by atoms with Crippen LogP contribution in [0.2, 0.25) is 0 Å². The molecule has 0 bridgehead atoms. The zero-order chi connectivity index (χ0) is 15.4. The van der Waals surface area contributed by atoms with Crippen molar-refractivity contribution in [3.05, 3.63) is 71.6 Å². The van der Waals surface area contributed by atoms with Gasteiger partial charge in [0.1, 0.15) is 0 Å². The SMILES string of the molecule is C=C/C(S)=C(\C=C)C1C(O)C(/C(C=C)=C(\S)C=C)C1O. The lowest BCUT2D eigenvalue weighted by molar-refractivity contribution is -0.117. The first-order chi connectivity index (χ1) is 9.44. The second-order valence-corrected chi connectivity index (χ2v) is 5.49. The number of allylic oxidation sites excluding steroid dienone is 4. The maximum absolute atomic E-state index is 10.4. The third kappa shape index (κ3) is 2.88. The van der Waals surface area contributed by atoms with Crippen LogP contribution in [0, 0.1) is 11.8 Å². The van der Waals surface area contributed by atoms with Gasteiger partial charge in [0.2, 0.25) is 0 Å². The maximum Gasteiger partial charge on any atom is 0.0728 e. The normalized spacial score (nSPS) is 31.4. The molecule has 108 valence electrons. The largest absolute Gasteiger partial charge is 0.392 e. The number of thiol groups is 2. The van der Waals surface area contributed by atoms with Gasteiger partial charge in [-0.05, 0) is 11.1 Å². The summed E-state index contributed by atoms with van der Waals surface area (Å²) in [6, 6.07) is 0. The summed E-state index contributed by atoms with van der Waals surface area (Å²) in [5.74, 6) is -0.882. The first-order valence-electron chi connectivity index (χ1n) is 6.16. The zero-order valence-electron chi connectivity index (χ0n) is 11.2. The molecule has 0 saturated heterocycles. The summed E-state index contributed by atoms with van der Waals surface area (Å²) in [5, 5.41) is 20.7. The molecule has 0 atom stereocenters. The highest BCUT2D eigenvalue weighted by molar-refractivity contribution is 7.85. The molecule has 0 spiro atoms. The Balaban J connectivity index is 3.15. The molecule has 0 aliphatic heterocycles. The van der Waals surface area contributed by atoms with Crippen molar-refractivity contribution in [3.63, 3.8) is 0 Å². The van der Waals surface area contributed by atoms with Crippen molar-refractivity contribution in [3.8, 4) is 0 Å². The second kappa shape index (κ2) is 7.18. The lowest BCUT2D eigenvalue weighted by Gasteiger charge is -2.48. The fraction of sp³-hybridized carbons (Fsp3) is 0.250. The molecule has 0 aromatic rings. The Bertz CT molecular complexity index is 449. The molecule has 1 saturated carbocycles. The quantitative estimate of drug-likeness (QED) is 0.450. The number of hydrogen-bond donors (Lipinski definition) is 4. The van der Waals surface area contributed by atoms with Crippen LogP contribution >= 0.6 is 25.3 Å². The Morgan fingerprint density at radius 2 is 1.00 bits per heavy atom. The summed E-state index contributed by atoms with van der Waals surface area (Å²) in [5.41, 5.74) is 1.37. The highest BCUT2D eigenvalue weighted by atomic mass is 32.1. The van der Waals surface area contributed by atoms with Gasteiger partial charge < -0.3 is 10.2 Å². The van der Waals surface area contributed by atoms with E-state index in [0.29, 0.717) is 21.0 Å². The average molecular weight is 308 g/mol. The Morgan fingerprint density at radius 1 is 0.700 bits per heavy atom. The third-order valence-electron chi connectivity index (χ3n) is 3.61. The van der Waals surface area contributed by atoms with E-state index < -0.39 is 24.0 Å². The predicted octanol–water partition coefficient (Wildman–Crippen LogP) is 3.07. The monoisotopic (exact) mass is 308 g/mol. The van der Waals surface area contributed by atoms with Gasteiger partial charge >= 0.3 is 0 Å². The molecule has 0 aromatic carbocycles. The molecular weight excluding hydrogens is 288 g/mol. The van der Waals surface area contributed by atoms with Crippen molar-refractivity contribution < 1.29 is 10.2 Å². The van der Waals surface area contributed by atoms with Crippen molar-refractivity contribution in [2.45, 2.75) is 12.2 Å². The molecule has 1 aliphatic rings. The van der Waals surface area contributed by atoms with Gasteiger partial charge in [-0.25, -0.2) is 0 Å². The fourth-order valence-electron chi connectivity index (χ4n) is 2.50. The number of rotatable bonds is 6. The summed E-state index contributed by atoms with van der Waals surface area (Å²) < 4.78 is 0. The van der Waals surface area contributed by atoms with Gasteiger partial charge in [-0.1, -0.05) is 50.6 Å². The lowest BCUT2D eigenvalue weighted by atomic mass is 9.62. The minimum atomic E-state index is -0.754. The second-order valence-electron chi connectivity index (χ2n) is 4.53. The van der Waals surface area contributed by atoms with Gasteiger partial charge in [0, 0.05) is 21.6 Å². The van der Waals surface area contributed by atoms with Gasteiger partial charge in [0.05, 0.1) is 12.2 Å².